The molecule has 0 saturated carbocycles. The molecule has 2 aliphatic heterocycles. The van der Waals surface area contributed by atoms with Gasteiger partial charge in [0, 0.05) is 0 Å². The zero-order valence-corrected chi connectivity index (χ0v) is 11.2. The van der Waals surface area contributed by atoms with Gasteiger partial charge in [0.1, 0.15) is 11.5 Å². The minimum absolute atomic E-state index is 0.244. The molecule has 1 N–H and O–H groups in total. The van der Waals surface area contributed by atoms with Crippen LogP contribution in [-0.4, -0.2) is 22.1 Å². The van der Waals surface area contributed by atoms with Crippen molar-refractivity contribution in [2.45, 2.75) is 17.8 Å². The molecule has 1 aliphatic carbocycles. The van der Waals surface area contributed by atoms with Crippen LogP contribution in [0.4, 0.5) is 8.78 Å². The summed E-state index contributed by atoms with van der Waals surface area (Å²) in [5, 5.41) is -2.26. The normalized spacial score (nSPS) is 24.9. The molecule has 0 aromatic carbocycles. The first kappa shape index (κ1) is 13.3. The first-order valence-electron chi connectivity index (χ1n) is 6.13. The number of hydrogen-bond acceptors (Lipinski definition) is 3. The SMILES string of the molecule is C=C[C@@H]1C=C2N=C(C3=CC=CC3)C=C(C(F)(F)Cl)N2N1. The number of nitrogens with one attached hydrogen (secondary N) is 1. The molecule has 104 valence electrons. The number of fused-ring (bicyclic) bond motifs is 1. The van der Waals surface area contributed by atoms with E-state index in [4.69, 9.17) is 11.6 Å². The lowest BCUT2D eigenvalue weighted by Gasteiger charge is -2.30. The summed E-state index contributed by atoms with van der Waals surface area (Å²) in [6.45, 7) is 3.64. The summed E-state index contributed by atoms with van der Waals surface area (Å²) in [5.41, 5.74) is 3.94. The van der Waals surface area contributed by atoms with Gasteiger partial charge in [-0.3, -0.25) is 5.01 Å². The highest BCUT2D eigenvalue weighted by Crippen LogP contribution is 2.37. The van der Waals surface area contributed by atoms with Gasteiger partial charge >= 0.3 is 5.38 Å². The summed E-state index contributed by atoms with van der Waals surface area (Å²) in [6, 6.07) is -0.244. The summed E-state index contributed by atoms with van der Waals surface area (Å²) >= 11 is 5.22. The number of aliphatic imine (C=N–C) groups is 1. The molecule has 6 heteroatoms. The molecule has 0 aromatic heterocycles. The fourth-order valence-electron chi connectivity index (χ4n) is 2.25. The standard InChI is InChI=1S/C14H12ClF2N3/c1-2-10-7-13-18-11(9-5-3-4-6-9)8-12(14(15,16)17)20(13)19-10/h2-5,7-8,10,19H,1,6H2/t10-/m1/s1. The summed E-state index contributed by atoms with van der Waals surface area (Å²) in [4.78, 5) is 4.40. The Hall–Kier alpha value is -1.72. The Bertz CT molecular complexity index is 608. The third kappa shape index (κ3) is 2.23. The van der Waals surface area contributed by atoms with Crippen LogP contribution in [0.15, 0.2) is 65.1 Å². The van der Waals surface area contributed by atoms with Crippen molar-refractivity contribution in [2.24, 2.45) is 4.99 Å². The van der Waals surface area contributed by atoms with Crippen LogP contribution in [0, 0.1) is 0 Å². The minimum atomic E-state index is -3.48. The van der Waals surface area contributed by atoms with Crippen LogP contribution in [-0.2, 0) is 0 Å². The number of allylic oxidation sites excluding steroid dienone is 6. The third-order valence-corrected chi connectivity index (χ3v) is 3.42. The van der Waals surface area contributed by atoms with E-state index in [2.05, 4.69) is 17.0 Å². The van der Waals surface area contributed by atoms with E-state index in [0.717, 1.165) is 5.57 Å². The van der Waals surface area contributed by atoms with Gasteiger partial charge in [0.15, 0.2) is 0 Å². The molecule has 0 amide bonds. The van der Waals surface area contributed by atoms with Crippen LogP contribution in [0.25, 0.3) is 0 Å². The Balaban J connectivity index is 2.03. The van der Waals surface area contributed by atoms with Crippen molar-refractivity contribution >= 4 is 17.3 Å². The maximum atomic E-state index is 13.6. The second-order valence-electron chi connectivity index (χ2n) is 4.60. The van der Waals surface area contributed by atoms with Crippen molar-refractivity contribution in [3.63, 3.8) is 0 Å². The third-order valence-electron chi connectivity index (χ3n) is 3.23. The molecule has 0 unspecified atom stereocenters. The molecule has 20 heavy (non-hydrogen) atoms. The van der Waals surface area contributed by atoms with Crippen molar-refractivity contribution in [2.75, 3.05) is 0 Å². The minimum Gasteiger partial charge on any atom is -0.256 e. The van der Waals surface area contributed by atoms with Crippen LogP contribution in [0.3, 0.4) is 0 Å². The number of hydrogen-bond donors (Lipinski definition) is 1. The van der Waals surface area contributed by atoms with Gasteiger partial charge in [-0.25, -0.2) is 10.4 Å². The van der Waals surface area contributed by atoms with Crippen LogP contribution >= 0.6 is 11.6 Å². The van der Waals surface area contributed by atoms with E-state index in [1.807, 2.05) is 18.2 Å². The van der Waals surface area contributed by atoms with Crippen LogP contribution < -0.4 is 5.43 Å². The number of alkyl halides is 3. The van der Waals surface area contributed by atoms with Crippen molar-refractivity contribution in [1.29, 1.82) is 0 Å². The van der Waals surface area contributed by atoms with Crippen LogP contribution in [0.2, 0.25) is 0 Å². The van der Waals surface area contributed by atoms with E-state index < -0.39 is 5.38 Å². The average Bonchev–Trinajstić information content (AvgIpc) is 3.04. The molecule has 3 rings (SSSR count). The lowest BCUT2D eigenvalue weighted by molar-refractivity contribution is 0.0930. The number of rotatable bonds is 3. The van der Waals surface area contributed by atoms with Crippen LogP contribution in [0.1, 0.15) is 6.42 Å². The predicted molar refractivity (Wildman–Crippen MR) is 75.2 cm³/mol. The van der Waals surface area contributed by atoms with E-state index >= 15 is 0 Å². The van der Waals surface area contributed by atoms with Crippen molar-refractivity contribution in [1.82, 2.24) is 10.4 Å². The molecular weight excluding hydrogens is 284 g/mol. The lowest BCUT2D eigenvalue weighted by Crippen LogP contribution is -2.41. The number of hydrazine groups is 1. The molecule has 0 bridgehead atoms. The molecule has 1 atom stereocenters. The maximum Gasteiger partial charge on any atom is 0.364 e. The van der Waals surface area contributed by atoms with Gasteiger partial charge in [-0.05, 0) is 35.7 Å². The van der Waals surface area contributed by atoms with Gasteiger partial charge in [0.25, 0.3) is 0 Å². The Morgan fingerprint density at radius 2 is 2.35 bits per heavy atom. The number of halogens is 3. The maximum absolute atomic E-state index is 13.6. The second-order valence-corrected chi connectivity index (χ2v) is 5.07. The molecule has 3 aliphatic rings. The van der Waals surface area contributed by atoms with E-state index in [9.17, 15) is 8.78 Å². The monoisotopic (exact) mass is 295 g/mol. The zero-order chi connectivity index (χ0) is 14.3. The summed E-state index contributed by atoms with van der Waals surface area (Å²) < 4.78 is 27.2. The summed E-state index contributed by atoms with van der Waals surface area (Å²) in [6.07, 6.45) is 11.0. The van der Waals surface area contributed by atoms with E-state index in [0.29, 0.717) is 18.0 Å². The molecule has 0 radical (unpaired) electrons. The quantitative estimate of drug-likeness (QED) is 0.639. The van der Waals surface area contributed by atoms with Gasteiger partial charge in [-0.1, -0.05) is 24.3 Å². The molecule has 3 nitrogen and oxygen atoms in total. The van der Waals surface area contributed by atoms with Gasteiger partial charge < -0.3 is 0 Å². The highest BCUT2D eigenvalue weighted by Gasteiger charge is 2.41. The molecule has 2 heterocycles. The van der Waals surface area contributed by atoms with Crippen molar-refractivity contribution in [3.05, 3.63) is 60.1 Å². The highest BCUT2D eigenvalue weighted by molar-refractivity contribution is 6.24. The first-order valence-corrected chi connectivity index (χ1v) is 6.51. The predicted octanol–water partition coefficient (Wildman–Crippen LogP) is 3.26. The molecule has 0 fully saturated rings. The smallest absolute Gasteiger partial charge is 0.256 e. The topological polar surface area (TPSA) is 27.6 Å². The Labute approximate surface area is 120 Å². The van der Waals surface area contributed by atoms with E-state index in [-0.39, 0.29) is 11.7 Å². The van der Waals surface area contributed by atoms with Crippen LogP contribution in [0.5, 0.6) is 0 Å². The van der Waals surface area contributed by atoms with E-state index in [1.54, 1.807) is 12.2 Å². The molecule has 0 aromatic rings. The van der Waals surface area contributed by atoms with Crippen molar-refractivity contribution < 1.29 is 8.78 Å². The zero-order valence-electron chi connectivity index (χ0n) is 10.5. The van der Waals surface area contributed by atoms with Crippen molar-refractivity contribution in [3.8, 4) is 0 Å². The Kier molecular flexibility index (Phi) is 3.11. The Morgan fingerprint density at radius 1 is 1.55 bits per heavy atom. The average molecular weight is 296 g/mol. The fourth-order valence-corrected chi connectivity index (χ4v) is 2.39. The second kappa shape index (κ2) is 4.68. The fraction of sp³-hybridized carbons (Fsp3) is 0.214. The van der Waals surface area contributed by atoms with Gasteiger partial charge in [-0.15, -0.1) is 6.58 Å². The first-order chi connectivity index (χ1) is 9.49. The summed E-state index contributed by atoms with van der Waals surface area (Å²) in [7, 11) is 0. The Morgan fingerprint density at radius 3 is 2.95 bits per heavy atom. The molecule has 0 saturated heterocycles. The van der Waals surface area contributed by atoms with Gasteiger partial charge in [-0.2, -0.15) is 8.78 Å². The van der Waals surface area contributed by atoms with Gasteiger partial charge in [0.2, 0.25) is 0 Å². The highest BCUT2D eigenvalue weighted by atomic mass is 35.5. The van der Waals surface area contributed by atoms with E-state index in [1.165, 1.54) is 11.1 Å². The lowest BCUT2D eigenvalue weighted by atomic mass is 10.1. The molecule has 0 spiro atoms. The molecular formula is C14H12ClF2N3. The number of nitrogens with zero attached hydrogens (tertiary/aromatic N) is 2. The van der Waals surface area contributed by atoms with Gasteiger partial charge in [0.05, 0.1) is 11.8 Å². The summed E-state index contributed by atoms with van der Waals surface area (Å²) in [5.74, 6) is 0.413. The largest absolute Gasteiger partial charge is 0.364 e.